The number of hydrogen-bond donors (Lipinski definition) is 1. The average Bonchev–Trinajstić information content (AvgIpc) is 2.75. The highest BCUT2D eigenvalue weighted by atomic mass is 32.1. The third kappa shape index (κ3) is 3.23. The molecule has 0 aliphatic carbocycles. The maximum absolute atomic E-state index is 9.07. The summed E-state index contributed by atoms with van der Waals surface area (Å²) in [6, 6.07) is 12.5. The van der Waals surface area contributed by atoms with Crippen molar-refractivity contribution in [1.82, 2.24) is 5.32 Å². The number of aryl methyl sites for hydroxylation is 2. The van der Waals surface area contributed by atoms with Crippen LogP contribution in [0.15, 0.2) is 30.3 Å². The van der Waals surface area contributed by atoms with Crippen LogP contribution in [0.1, 0.15) is 39.4 Å². The molecule has 3 heteroatoms. The maximum atomic E-state index is 9.07. The van der Waals surface area contributed by atoms with Gasteiger partial charge in [0.25, 0.3) is 0 Å². The van der Waals surface area contributed by atoms with Gasteiger partial charge in [-0.2, -0.15) is 5.26 Å². The minimum absolute atomic E-state index is 0.302. The number of nitrogens with zero attached hydrogens (tertiary/aromatic N) is 1. The van der Waals surface area contributed by atoms with Crippen LogP contribution in [0, 0.1) is 25.2 Å². The van der Waals surface area contributed by atoms with Gasteiger partial charge in [-0.1, -0.05) is 18.2 Å². The molecule has 0 saturated heterocycles. The van der Waals surface area contributed by atoms with E-state index < -0.39 is 0 Å². The fourth-order valence-corrected chi connectivity index (χ4v) is 3.26. The van der Waals surface area contributed by atoms with E-state index in [0.29, 0.717) is 6.04 Å². The van der Waals surface area contributed by atoms with Gasteiger partial charge in [-0.3, -0.25) is 0 Å². The van der Waals surface area contributed by atoms with Gasteiger partial charge in [-0.05, 0) is 44.0 Å². The third-order valence-corrected chi connectivity index (χ3v) is 4.26. The second-order valence-electron chi connectivity index (χ2n) is 4.74. The molecule has 1 N–H and O–H groups in total. The molecule has 0 saturated carbocycles. The lowest BCUT2D eigenvalue weighted by Gasteiger charge is -2.14. The molecule has 0 bridgehead atoms. The quantitative estimate of drug-likeness (QED) is 0.908. The Morgan fingerprint density at radius 1 is 1.32 bits per heavy atom. The summed E-state index contributed by atoms with van der Waals surface area (Å²) in [5.41, 5.74) is 3.17. The number of nitrogens with one attached hydrogen (secondary N) is 1. The van der Waals surface area contributed by atoms with E-state index >= 15 is 0 Å². The van der Waals surface area contributed by atoms with Gasteiger partial charge in [0.15, 0.2) is 0 Å². The van der Waals surface area contributed by atoms with Gasteiger partial charge >= 0.3 is 0 Å². The van der Waals surface area contributed by atoms with E-state index in [1.165, 1.54) is 15.3 Å². The number of benzene rings is 1. The van der Waals surface area contributed by atoms with Crippen molar-refractivity contribution in [3.8, 4) is 6.07 Å². The van der Waals surface area contributed by atoms with Crippen LogP contribution < -0.4 is 5.32 Å². The van der Waals surface area contributed by atoms with Crippen LogP contribution in [-0.4, -0.2) is 0 Å². The summed E-state index contributed by atoms with van der Waals surface area (Å²) in [7, 11) is 0. The fourth-order valence-electron chi connectivity index (χ4n) is 2.24. The molecule has 0 amide bonds. The van der Waals surface area contributed by atoms with E-state index in [0.717, 1.165) is 17.7 Å². The Kier molecular flexibility index (Phi) is 4.36. The molecule has 1 aromatic carbocycles. The van der Waals surface area contributed by atoms with Crippen molar-refractivity contribution < 1.29 is 0 Å². The Labute approximate surface area is 118 Å². The summed E-state index contributed by atoms with van der Waals surface area (Å²) in [5, 5.41) is 12.6. The maximum Gasteiger partial charge on any atom is 0.0995 e. The predicted octanol–water partition coefficient (Wildman–Crippen LogP) is 4.09. The van der Waals surface area contributed by atoms with Crippen molar-refractivity contribution in [2.24, 2.45) is 0 Å². The zero-order valence-corrected chi connectivity index (χ0v) is 12.3. The monoisotopic (exact) mass is 270 g/mol. The molecule has 1 atom stereocenters. The van der Waals surface area contributed by atoms with Crippen LogP contribution in [0.4, 0.5) is 0 Å². The van der Waals surface area contributed by atoms with E-state index in [1.54, 1.807) is 0 Å². The van der Waals surface area contributed by atoms with E-state index in [-0.39, 0.29) is 0 Å². The summed E-state index contributed by atoms with van der Waals surface area (Å²) in [5.74, 6) is 0. The molecule has 0 aliphatic rings. The minimum atomic E-state index is 0.302. The Hall–Kier alpha value is -1.63. The molecule has 0 fully saturated rings. The lowest BCUT2D eigenvalue weighted by molar-refractivity contribution is 0.573. The first kappa shape index (κ1) is 13.8. The standard InChI is InChI=1S/C16H18N2S/c1-11-8-16(13(3)19-11)12(2)18-10-15-7-5-4-6-14(15)9-17/h4-8,12,18H,10H2,1-3H3. The summed E-state index contributed by atoms with van der Waals surface area (Å²) in [6.07, 6.45) is 0. The number of rotatable bonds is 4. The van der Waals surface area contributed by atoms with Crippen molar-refractivity contribution in [3.63, 3.8) is 0 Å². The molecule has 2 nitrogen and oxygen atoms in total. The molecule has 1 unspecified atom stereocenters. The normalized spacial score (nSPS) is 12.1. The van der Waals surface area contributed by atoms with Crippen LogP contribution in [0.3, 0.4) is 0 Å². The van der Waals surface area contributed by atoms with Crippen LogP contribution in [0.5, 0.6) is 0 Å². The van der Waals surface area contributed by atoms with E-state index in [4.69, 9.17) is 5.26 Å². The van der Waals surface area contributed by atoms with Gasteiger partial charge < -0.3 is 5.32 Å². The highest BCUT2D eigenvalue weighted by molar-refractivity contribution is 7.12. The predicted molar refractivity (Wildman–Crippen MR) is 80.2 cm³/mol. The van der Waals surface area contributed by atoms with Gasteiger partial charge in [0.05, 0.1) is 11.6 Å². The Morgan fingerprint density at radius 2 is 2.05 bits per heavy atom. The molecular formula is C16H18N2S. The molecule has 1 aromatic heterocycles. The summed E-state index contributed by atoms with van der Waals surface area (Å²) >= 11 is 1.83. The molecule has 19 heavy (non-hydrogen) atoms. The van der Waals surface area contributed by atoms with Crippen LogP contribution in [-0.2, 0) is 6.54 Å². The first-order valence-electron chi connectivity index (χ1n) is 6.40. The van der Waals surface area contributed by atoms with Crippen molar-refractivity contribution in [2.45, 2.75) is 33.4 Å². The summed E-state index contributed by atoms with van der Waals surface area (Å²) in [6.45, 7) is 7.19. The van der Waals surface area contributed by atoms with Crippen molar-refractivity contribution in [1.29, 1.82) is 5.26 Å². The zero-order chi connectivity index (χ0) is 13.8. The fraction of sp³-hybridized carbons (Fsp3) is 0.312. The minimum Gasteiger partial charge on any atom is -0.306 e. The number of hydrogen-bond acceptors (Lipinski definition) is 3. The molecular weight excluding hydrogens is 252 g/mol. The second-order valence-corrected chi connectivity index (χ2v) is 6.20. The number of thiophene rings is 1. The third-order valence-electron chi connectivity index (χ3n) is 3.28. The smallest absolute Gasteiger partial charge is 0.0995 e. The van der Waals surface area contributed by atoms with Gasteiger partial charge in [0.1, 0.15) is 0 Å². The molecule has 0 radical (unpaired) electrons. The topological polar surface area (TPSA) is 35.8 Å². The molecule has 0 aliphatic heterocycles. The SMILES string of the molecule is Cc1cc(C(C)NCc2ccccc2C#N)c(C)s1. The Bertz CT molecular complexity index is 607. The van der Waals surface area contributed by atoms with E-state index in [1.807, 2.05) is 35.6 Å². The first-order valence-corrected chi connectivity index (χ1v) is 7.21. The van der Waals surface area contributed by atoms with E-state index in [2.05, 4.69) is 38.2 Å². The highest BCUT2D eigenvalue weighted by Gasteiger charge is 2.11. The molecule has 2 rings (SSSR count). The highest BCUT2D eigenvalue weighted by Crippen LogP contribution is 2.26. The number of nitriles is 1. The van der Waals surface area contributed by atoms with Gasteiger partial charge in [0, 0.05) is 22.3 Å². The lowest BCUT2D eigenvalue weighted by Crippen LogP contribution is -2.18. The lowest BCUT2D eigenvalue weighted by atomic mass is 10.1. The van der Waals surface area contributed by atoms with Crippen molar-refractivity contribution >= 4 is 11.3 Å². The Balaban J connectivity index is 2.07. The van der Waals surface area contributed by atoms with Gasteiger partial charge in [-0.15, -0.1) is 11.3 Å². The van der Waals surface area contributed by atoms with Crippen molar-refractivity contribution in [3.05, 3.63) is 56.8 Å². The van der Waals surface area contributed by atoms with Crippen LogP contribution in [0.2, 0.25) is 0 Å². The molecule has 98 valence electrons. The van der Waals surface area contributed by atoms with Gasteiger partial charge in [0.2, 0.25) is 0 Å². The van der Waals surface area contributed by atoms with Crippen LogP contribution >= 0.6 is 11.3 Å². The summed E-state index contributed by atoms with van der Waals surface area (Å²) in [4.78, 5) is 2.71. The first-order chi connectivity index (χ1) is 9.11. The second kappa shape index (κ2) is 6.01. The van der Waals surface area contributed by atoms with Gasteiger partial charge in [-0.25, -0.2) is 0 Å². The molecule has 0 spiro atoms. The van der Waals surface area contributed by atoms with Crippen molar-refractivity contribution in [2.75, 3.05) is 0 Å². The Morgan fingerprint density at radius 3 is 2.68 bits per heavy atom. The molecule has 1 heterocycles. The largest absolute Gasteiger partial charge is 0.306 e. The van der Waals surface area contributed by atoms with E-state index in [9.17, 15) is 0 Å². The van der Waals surface area contributed by atoms with Crippen LogP contribution in [0.25, 0.3) is 0 Å². The summed E-state index contributed by atoms with van der Waals surface area (Å²) < 4.78 is 0. The molecule has 2 aromatic rings. The zero-order valence-electron chi connectivity index (χ0n) is 11.5. The average molecular weight is 270 g/mol.